The van der Waals surface area contributed by atoms with Gasteiger partial charge in [0.1, 0.15) is 23.5 Å². The van der Waals surface area contributed by atoms with Crippen LogP contribution in [0.25, 0.3) is 5.69 Å². The molecule has 1 aliphatic heterocycles. The highest BCUT2D eigenvalue weighted by Crippen LogP contribution is 2.43. The van der Waals surface area contributed by atoms with Crippen molar-refractivity contribution >= 4 is 0 Å². The highest BCUT2D eigenvalue weighted by Gasteiger charge is 2.41. The molecule has 2 heterocycles. The topological polar surface area (TPSA) is 43.2 Å². The van der Waals surface area contributed by atoms with Crippen LogP contribution in [0.2, 0.25) is 0 Å². The first kappa shape index (κ1) is 21.0. The smallest absolute Gasteiger partial charge is 0.420 e. The van der Waals surface area contributed by atoms with E-state index in [1.165, 1.54) is 6.07 Å². The van der Waals surface area contributed by atoms with E-state index in [1.54, 1.807) is 24.5 Å². The van der Waals surface area contributed by atoms with Gasteiger partial charge in [-0.05, 0) is 75.5 Å². The van der Waals surface area contributed by atoms with Crippen LogP contribution in [0.15, 0.2) is 42.5 Å². The fourth-order valence-electron chi connectivity index (χ4n) is 5.03. The van der Waals surface area contributed by atoms with E-state index in [0.29, 0.717) is 17.3 Å². The minimum atomic E-state index is -4.55. The van der Waals surface area contributed by atoms with Crippen molar-refractivity contribution in [2.24, 2.45) is 0 Å². The van der Waals surface area contributed by atoms with Gasteiger partial charge >= 0.3 is 6.18 Å². The highest BCUT2D eigenvalue weighted by atomic mass is 19.4. The molecule has 2 aromatic carbocycles. The number of hydrogen-bond donors (Lipinski definition) is 0. The molecule has 1 fully saturated rings. The minimum Gasteiger partial charge on any atom is -0.483 e. The summed E-state index contributed by atoms with van der Waals surface area (Å²) in [5, 5.41) is 7.93. The van der Waals surface area contributed by atoms with Crippen LogP contribution in [-0.4, -0.2) is 38.8 Å². The maximum absolute atomic E-state index is 14.1. The molecule has 5 rings (SSSR count). The van der Waals surface area contributed by atoms with Gasteiger partial charge < -0.3 is 4.74 Å². The zero-order chi connectivity index (χ0) is 22.5. The first-order valence-electron chi connectivity index (χ1n) is 10.9. The van der Waals surface area contributed by atoms with Crippen molar-refractivity contribution < 1.29 is 17.9 Å². The van der Waals surface area contributed by atoms with E-state index in [4.69, 9.17) is 4.74 Å². The molecule has 1 saturated heterocycles. The number of halogens is 3. The molecule has 2 unspecified atom stereocenters. The van der Waals surface area contributed by atoms with Crippen LogP contribution in [0.4, 0.5) is 13.2 Å². The third kappa shape index (κ3) is 3.66. The second-order valence-electron chi connectivity index (χ2n) is 8.56. The number of benzene rings is 2. The third-order valence-corrected chi connectivity index (χ3v) is 6.52. The van der Waals surface area contributed by atoms with Crippen molar-refractivity contribution in [3.63, 3.8) is 0 Å². The Kier molecular flexibility index (Phi) is 5.20. The van der Waals surface area contributed by atoms with Gasteiger partial charge in [0, 0.05) is 5.69 Å². The Labute approximate surface area is 184 Å². The molecule has 1 aliphatic carbocycles. The summed E-state index contributed by atoms with van der Waals surface area (Å²) in [4.78, 5) is 2.36. The molecule has 0 N–H and O–H groups in total. The largest absolute Gasteiger partial charge is 0.483 e. The Morgan fingerprint density at radius 3 is 2.34 bits per heavy atom. The molecule has 2 atom stereocenters. The van der Waals surface area contributed by atoms with Crippen LogP contribution in [0.5, 0.6) is 5.75 Å². The van der Waals surface area contributed by atoms with Crippen LogP contribution in [0, 0.1) is 13.8 Å². The second kappa shape index (κ2) is 7.92. The highest BCUT2D eigenvalue weighted by molar-refractivity contribution is 5.48. The monoisotopic (exact) mass is 442 g/mol. The molecule has 168 valence electrons. The van der Waals surface area contributed by atoms with Gasteiger partial charge in [-0.2, -0.15) is 13.2 Å². The van der Waals surface area contributed by atoms with Gasteiger partial charge in [-0.1, -0.05) is 24.3 Å². The molecule has 3 aromatic rings. The van der Waals surface area contributed by atoms with Gasteiger partial charge in [0.05, 0.1) is 11.6 Å². The second-order valence-corrected chi connectivity index (χ2v) is 8.56. The summed E-state index contributed by atoms with van der Waals surface area (Å²) >= 11 is 0. The molecule has 0 bridgehead atoms. The molecule has 0 spiro atoms. The first-order chi connectivity index (χ1) is 15.3. The van der Waals surface area contributed by atoms with Crippen LogP contribution in [0.1, 0.15) is 47.3 Å². The van der Waals surface area contributed by atoms with Crippen molar-refractivity contribution in [1.29, 1.82) is 0 Å². The number of hydrogen-bond acceptors (Lipinski definition) is 4. The van der Waals surface area contributed by atoms with E-state index in [9.17, 15) is 13.2 Å². The molecule has 0 saturated carbocycles. The summed E-state index contributed by atoms with van der Waals surface area (Å²) < 4.78 is 50.1. The summed E-state index contributed by atoms with van der Waals surface area (Å²) in [7, 11) is 0. The van der Waals surface area contributed by atoms with Crippen molar-refractivity contribution in [2.75, 3.05) is 13.1 Å². The third-order valence-electron chi connectivity index (χ3n) is 6.52. The quantitative estimate of drug-likeness (QED) is 0.568. The predicted octanol–water partition coefficient (Wildman–Crippen LogP) is 5.04. The summed E-state index contributed by atoms with van der Waals surface area (Å²) in [6.45, 7) is 5.34. The normalized spacial score (nSPS) is 21.2. The summed E-state index contributed by atoms with van der Waals surface area (Å²) in [6, 6.07) is 12.2. The Morgan fingerprint density at radius 1 is 0.969 bits per heavy atom. The maximum Gasteiger partial charge on any atom is 0.420 e. The number of likely N-dealkylation sites (tertiary alicyclic amines) is 1. The van der Waals surface area contributed by atoms with Crippen molar-refractivity contribution in [1.82, 2.24) is 19.7 Å². The van der Waals surface area contributed by atoms with E-state index in [2.05, 4.69) is 15.1 Å². The number of aromatic nitrogens is 3. The molecule has 0 amide bonds. The van der Waals surface area contributed by atoms with E-state index in [0.717, 1.165) is 49.5 Å². The molecule has 1 aromatic heterocycles. The van der Waals surface area contributed by atoms with Gasteiger partial charge in [-0.25, -0.2) is 0 Å². The molecular formula is C24H25F3N4O. The number of rotatable bonds is 4. The lowest BCUT2D eigenvalue weighted by Crippen LogP contribution is -2.38. The van der Waals surface area contributed by atoms with Crippen LogP contribution < -0.4 is 4.74 Å². The van der Waals surface area contributed by atoms with Gasteiger partial charge in [-0.3, -0.25) is 9.47 Å². The predicted molar refractivity (Wildman–Crippen MR) is 114 cm³/mol. The number of nitrogens with zero attached hydrogens (tertiary/aromatic N) is 4. The van der Waals surface area contributed by atoms with Gasteiger partial charge in [0.15, 0.2) is 0 Å². The minimum absolute atomic E-state index is 0.0398. The average Bonchev–Trinajstić information content (AvgIpc) is 3.48. The summed E-state index contributed by atoms with van der Waals surface area (Å²) in [5.41, 5.74) is 1.71. The van der Waals surface area contributed by atoms with Crippen molar-refractivity contribution in [3.05, 3.63) is 70.8 Å². The van der Waals surface area contributed by atoms with E-state index >= 15 is 0 Å². The lowest BCUT2D eigenvalue weighted by molar-refractivity contribution is -0.139. The zero-order valence-electron chi connectivity index (χ0n) is 18.1. The molecule has 5 nitrogen and oxygen atoms in total. The number of ether oxygens (including phenoxy) is 1. The molecule has 32 heavy (non-hydrogen) atoms. The van der Waals surface area contributed by atoms with Gasteiger partial charge in [0.25, 0.3) is 0 Å². The van der Waals surface area contributed by atoms with Gasteiger partial charge in [0.2, 0.25) is 0 Å². The van der Waals surface area contributed by atoms with E-state index in [1.807, 2.05) is 24.3 Å². The molecule has 0 radical (unpaired) electrons. The Bertz CT molecular complexity index is 1120. The first-order valence-corrected chi connectivity index (χ1v) is 10.9. The lowest BCUT2D eigenvalue weighted by Gasteiger charge is -2.30. The summed E-state index contributed by atoms with van der Waals surface area (Å²) in [6.07, 6.45) is -1.98. The lowest BCUT2D eigenvalue weighted by atomic mass is 10.1. The Morgan fingerprint density at radius 2 is 1.66 bits per heavy atom. The van der Waals surface area contributed by atoms with Crippen molar-refractivity contribution in [3.8, 4) is 11.4 Å². The van der Waals surface area contributed by atoms with Crippen LogP contribution in [-0.2, 0) is 12.6 Å². The molecule has 2 aliphatic rings. The molecule has 8 heteroatoms. The molecular weight excluding hydrogens is 417 g/mol. The number of alkyl halides is 3. The van der Waals surface area contributed by atoms with E-state index in [-0.39, 0.29) is 11.8 Å². The standard InChI is InChI=1S/C24H25F3N4O/c1-15-28-29-16(2)31(15)18-9-10-22(20(14-18)24(25,26)27)32-23-19-8-4-3-7-17(19)13-21(23)30-11-5-6-12-30/h3-4,7-10,14,21,23H,5-6,11-13H2,1-2H3. The SMILES string of the molecule is Cc1nnc(C)n1-c1ccc(OC2c3ccccc3CC2N2CCCC2)c(C(F)(F)F)c1. The summed E-state index contributed by atoms with van der Waals surface area (Å²) in [5.74, 6) is 0.918. The fraction of sp³-hybridized carbons (Fsp3) is 0.417. The van der Waals surface area contributed by atoms with Gasteiger partial charge in [-0.15, -0.1) is 10.2 Å². The Hall–Kier alpha value is -2.87. The number of aryl methyl sites for hydroxylation is 2. The maximum atomic E-state index is 14.1. The van der Waals surface area contributed by atoms with Crippen molar-refractivity contribution in [2.45, 2.75) is 51.4 Å². The number of fused-ring (bicyclic) bond motifs is 1. The fourth-order valence-corrected chi connectivity index (χ4v) is 5.03. The Balaban J connectivity index is 1.55. The van der Waals surface area contributed by atoms with Crippen LogP contribution in [0.3, 0.4) is 0 Å². The zero-order valence-corrected chi connectivity index (χ0v) is 18.1. The van der Waals surface area contributed by atoms with E-state index < -0.39 is 17.8 Å². The van der Waals surface area contributed by atoms with Crippen LogP contribution >= 0.6 is 0 Å². The average molecular weight is 442 g/mol.